The van der Waals surface area contributed by atoms with Crippen molar-refractivity contribution in [3.8, 4) is 17.2 Å². The summed E-state index contributed by atoms with van der Waals surface area (Å²) in [4.78, 5) is 23.8. The molecule has 2 aromatic carbocycles. The summed E-state index contributed by atoms with van der Waals surface area (Å²) in [6.45, 7) is -0.780. The van der Waals surface area contributed by atoms with E-state index in [1.54, 1.807) is 0 Å². The highest BCUT2D eigenvalue weighted by molar-refractivity contribution is 6.33. The summed E-state index contributed by atoms with van der Waals surface area (Å²) in [7, 11) is 2.76. The van der Waals surface area contributed by atoms with Crippen LogP contribution in [0, 0.1) is 0 Å². The first-order chi connectivity index (χ1) is 16.6. The third-order valence-corrected chi connectivity index (χ3v) is 4.60. The molecule has 0 radical (unpaired) electrons. The summed E-state index contributed by atoms with van der Waals surface area (Å²) in [6, 6.07) is 5.52. The number of allylic oxidation sites excluding steroid dienone is 1. The van der Waals surface area contributed by atoms with Gasteiger partial charge in [-0.15, -0.1) is 0 Å². The van der Waals surface area contributed by atoms with E-state index in [-0.39, 0.29) is 53.6 Å². The number of methoxy groups -OCH3 is 2. The number of alkyl halides is 3. The number of hydrogen-bond acceptors (Lipinski definition) is 7. The molecule has 8 nitrogen and oxygen atoms in total. The molecule has 0 bridgehead atoms. The van der Waals surface area contributed by atoms with E-state index < -0.39 is 29.9 Å². The number of aliphatic carboxylic acids is 1. The van der Waals surface area contributed by atoms with Crippen LogP contribution in [0.4, 0.5) is 13.2 Å². The van der Waals surface area contributed by atoms with Crippen LogP contribution < -0.4 is 14.2 Å². The minimum atomic E-state index is -4.65. The smallest absolute Gasteiger partial charge is 0.416 e. The van der Waals surface area contributed by atoms with Crippen LogP contribution in [-0.2, 0) is 20.4 Å². The zero-order valence-electron chi connectivity index (χ0n) is 18.7. The molecule has 35 heavy (non-hydrogen) atoms. The Morgan fingerprint density at radius 1 is 1.00 bits per heavy atom. The number of carboxylic acids is 1. The summed E-state index contributed by atoms with van der Waals surface area (Å²) in [5.74, 6) is -2.02. The Hall–Kier alpha value is -3.28. The van der Waals surface area contributed by atoms with E-state index in [0.29, 0.717) is 0 Å². The first-order valence-electron chi connectivity index (χ1n) is 9.92. The highest BCUT2D eigenvalue weighted by Crippen LogP contribution is 2.37. The SMILES string of the molecule is COCOc1ccc(Cl)c(OCOC)c1C(=O)/C=C/c1ccc(C(F)(F)F)cc1OCCC(=O)O. The van der Waals surface area contributed by atoms with Crippen molar-refractivity contribution in [2.45, 2.75) is 12.6 Å². The van der Waals surface area contributed by atoms with E-state index >= 15 is 0 Å². The van der Waals surface area contributed by atoms with Crippen LogP contribution in [0.2, 0.25) is 5.02 Å². The van der Waals surface area contributed by atoms with Gasteiger partial charge >= 0.3 is 12.1 Å². The number of carboxylic acid groups (broad SMARTS) is 1. The summed E-state index contributed by atoms with van der Waals surface area (Å²) >= 11 is 6.18. The molecule has 0 fully saturated rings. The quantitative estimate of drug-likeness (QED) is 0.223. The number of hydrogen-bond donors (Lipinski definition) is 1. The Balaban J connectivity index is 2.45. The van der Waals surface area contributed by atoms with Gasteiger partial charge in [-0.25, -0.2) is 0 Å². The molecule has 0 aromatic heterocycles. The van der Waals surface area contributed by atoms with Gasteiger partial charge in [0.05, 0.1) is 23.6 Å². The van der Waals surface area contributed by atoms with Crippen LogP contribution in [-0.4, -0.2) is 51.3 Å². The van der Waals surface area contributed by atoms with Gasteiger partial charge in [0, 0.05) is 19.8 Å². The van der Waals surface area contributed by atoms with Crippen LogP contribution in [0.15, 0.2) is 36.4 Å². The highest BCUT2D eigenvalue weighted by Gasteiger charge is 2.31. The van der Waals surface area contributed by atoms with Gasteiger partial charge in [0.25, 0.3) is 0 Å². The lowest BCUT2D eigenvalue weighted by molar-refractivity contribution is -0.139. The molecule has 0 saturated carbocycles. The monoisotopic (exact) mass is 518 g/mol. The number of ketones is 1. The van der Waals surface area contributed by atoms with Crippen molar-refractivity contribution in [1.82, 2.24) is 0 Å². The lowest BCUT2D eigenvalue weighted by Crippen LogP contribution is -2.10. The molecule has 0 spiro atoms. The summed E-state index contributed by atoms with van der Waals surface area (Å²) < 4.78 is 65.2. The average Bonchev–Trinajstić information content (AvgIpc) is 2.80. The van der Waals surface area contributed by atoms with Crippen molar-refractivity contribution in [2.24, 2.45) is 0 Å². The van der Waals surface area contributed by atoms with E-state index in [2.05, 4.69) is 0 Å². The molecule has 0 amide bonds. The topological polar surface area (TPSA) is 101 Å². The molecule has 12 heteroatoms. The molecule has 2 rings (SSSR count). The predicted molar refractivity (Wildman–Crippen MR) is 119 cm³/mol. The van der Waals surface area contributed by atoms with Crippen molar-refractivity contribution < 1.29 is 51.6 Å². The van der Waals surface area contributed by atoms with Crippen molar-refractivity contribution in [3.63, 3.8) is 0 Å². The van der Waals surface area contributed by atoms with Gasteiger partial charge in [-0.3, -0.25) is 9.59 Å². The Morgan fingerprint density at radius 2 is 1.69 bits per heavy atom. The predicted octanol–water partition coefficient (Wildman–Crippen LogP) is 5.07. The zero-order valence-corrected chi connectivity index (χ0v) is 19.4. The molecule has 1 N–H and O–H groups in total. The fourth-order valence-electron chi connectivity index (χ4n) is 2.74. The van der Waals surface area contributed by atoms with Gasteiger partial charge in [-0.1, -0.05) is 17.7 Å². The number of rotatable bonds is 13. The largest absolute Gasteiger partial charge is 0.492 e. The zero-order chi connectivity index (χ0) is 26.0. The molecule has 0 atom stereocenters. The molecular formula is C23H22ClF3O8. The third-order valence-electron chi connectivity index (χ3n) is 4.30. The lowest BCUT2D eigenvalue weighted by Gasteiger charge is -2.15. The number of ether oxygens (including phenoxy) is 5. The van der Waals surface area contributed by atoms with Gasteiger partial charge in [0.2, 0.25) is 0 Å². The summed E-state index contributed by atoms with van der Waals surface area (Å²) in [5.41, 5.74) is -0.952. The second kappa shape index (κ2) is 13.0. The molecule has 0 aliphatic rings. The number of carbonyl (C=O) groups excluding carboxylic acids is 1. The maximum Gasteiger partial charge on any atom is 0.416 e. The summed E-state index contributed by atoms with van der Waals surface area (Å²) in [6.07, 6.45) is -2.79. The summed E-state index contributed by atoms with van der Waals surface area (Å²) in [5, 5.41) is 8.87. The molecule has 0 heterocycles. The van der Waals surface area contributed by atoms with Crippen LogP contribution in [0.3, 0.4) is 0 Å². The molecule has 0 saturated heterocycles. The molecular weight excluding hydrogens is 497 g/mol. The Labute approximate surface area is 203 Å². The normalized spacial score (nSPS) is 11.5. The fourth-order valence-corrected chi connectivity index (χ4v) is 2.96. The van der Waals surface area contributed by atoms with E-state index in [0.717, 1.165) is 24.3 Å². The molecule has 2 aromatic rings. The maximum atomic E-state index is 13.1. The first-order valence-corrected chi connectivity index (χ1v) is 10.3. The number of carbonyl (C=O) groups is 2. The van der Waals surface area contributed by atoms with Gasteiger partial charge in [-0.05, 0) is 36.4 Å². The minimum absolute atomic E-state index is 0.0258. The van der Waals surface area contributed by atoms with Gasteiger partial charge < -0.3 is 28.8 Å². The van der Waals surface area contributed by atoms with Crippen LogP contribution >= 0.6 is 11.6 Å². The number of benzene rings is 2. The fraction of sp³-hybridized carbons (Fsp3) is 0.304. The molecule has 0 unspecified atom stereocenters. The first kappa shape index (κ1) is 28.0. The van der Waals surface area contributed by atoms with Crippen molar-refractivity contribution in [1.29, 1.82) is 0 Å². The maximum absolute atomic E-state index is 13.1. The molecule has 0 aliphatic carbocycles. The van der Waals surface area contributed by atoms with Crippen molar-refractivity contribution >= 4 is 29.4 Å². The van der Waals surface area contributed by atoms with Gasteiger partial charge in [0.1, 0.15) is 17.1 Å². The number of halogens is 4. The van der Waals surface area contributed by atoms with Gasteiger partial charge in [-0.2, -0.15) is 13.2 Å². The standard InChI is InChI=1S/C23H22ClF3O8/c1-31-12-34-18-8-6-16(24)22(35-13-32-2)21(18)17(28)7-4-14-3-5-15(23(25,26)27)11-19(14)33-10-9-20(29)30/h3-8,11H,9-10,12-13H2,1-2H3,(H,29,30)/b7-4+. The minimum Gasteiger partial charge on any atom is -0.492 e. The van der Waals surface area contributed by atoms with E-state index in [1.165, 1.54) is 32.4 Å². The van der Waals surface area contributed by atoms with E-state index in [4.69, 9.17) is 40.4 Å². The average molecular weight is 519 g/mol. The highest BCUT2D eigenvalue weighted by atomic mass is 35.5. The van der Waals surface area contributed by atoms with E-state index in [9.17, 15) is 22.8 Å². The van der Waals surface area contributed by atoms with Crippen LogP contribution in [0.5, 0.6) is 17.2 Å². The van der Waals surface area contributed by atoms with Crippen molar-refractivity contribution in [2.75, 3.05) is 34.4 Å². The van der Waals surface area contributed by atoms with Gasteiger partial charge in [0.15, 0.2) is 25.1 Å². The van der Waals surface area contributed by atoms with Crippen LogP contribution in [0.1, 0.15) is 27.9 Å². The second-order valence-electron chi connectivity index (χ2n) is 6.79. The second-order valence-corrected chi connectivity index (χ2v) is 7.20. The third kappa shape index (κ3) is 8.16. The van der Waals surface area contributed by atoms with E-state index in [1.807, 2.05) is 0 Å². The Morgan fingerprint density at radius 3 is 2.31 bits per heavy atom. The lowest BCUT2D eigenvalue weighted by atomic mass is 10.0. The molecule has 0 aliphatic heterocycles. The van der Waals surface area contributed by atoms with Crippen molar-refractivity contribution in [3.05, 3.63) is 58.1 Å². The Bertz CT molecular complexity index is 1070. The Kier molecular flexibility index (Phi) is 10.4. The molecule has 190 valence electrons. The van der Waals surface area contributed by atoms with Crippen LogP contribution in [0.25, 0.3) is 6.08 Å².